The number of carboxylic acid groups (broad SMARTS) is 1. The Balaban J connectivity index is 3.46. The SMILES string of the molecule is O=C(O)C(O)c1cnc(C(F)(F)F)cc1C(F)(F)F. The number of aliphatic hydroxyl groups excluding tert-OH is 1. The highest BCUT2D eigenvalue weighted by Crippen LogP contribution is 2.37. The third kappa shape index (κ3) is 3.34. The largest absolute Gasteiger partial charge is 0.479 e. The summed E-state index contributed by atoms with van der Waals surface area (Å²) >= 11 is 0. The lowest BCUT2D eigenvalue weighted by molar-refractivity contribution is -0.150. The minimum absolute atomic E-state index is 0.0461. The Morgan fingerprint density at radius 3 is 2.05 bits per heavy atom. The molecule has 4 nitrogen and oxygen atoms in total. The van der Waals surface area contributed by atoms with Crippen molar-refractivity contribution in [3.63, 3.8) is 0 Å². The van der Waals surface area contributed by atoms with Gasteiger partial charge in [-0.3, -0.25) is 4.98 Å². The molecule has 0 saturated carbocycles. The van der Waals surface area contributed by atoms with E-state index in [1.807, 2.05) is 0 Å². The van der Waals surface area contributed by atoms with E-state index in [4.69, 9.17) is 10.2 Å². The maximum Gasteiger partial charge on any atom is 0.433 e. The molecule has 0 radical (unpaired) electrons. The molecule has 1 aromatic heterocycles. The third-order valence-electron chi connectivity index (χ3n) is 2.06. The average molecular weight is 289 g/mol. The second-order valence-corrected chi connectivity index (χ2v) is 3.39. The number of halogens is 6. The number of carboxylic acids is 1. The van der Waals surface area contributed by atoms with Gasteiger partial charge >= 0.3 is 18.3 Å². The first-order valence-corrected chi connectivity index (χ1v) is 4.50. The van der Waals surface area contributed by atoms with E-state index in [1.165, 1.54) is 0 Å². The van der Waals surface area contributed by atoms with Crippen LogP contribution < -0.4 is 0 Å². The summed E-state index contributed by atoms with van der Waals surface area (Å²) in [7, 11) is 0. The Kier molecular flexibility index (Phi) is 3.75. The Labute approximate surface area is 101 Å². The molecule has 2 N–H and O–H groups in total. The molecular formula is C9H5F6NO3. The topological polar surface area (TPSA) is 70.4 Å². The van der Waals surface area contributed by atoms with Crippen molar-refractivity contribution in [3.8, 4) is 0 Å². The van der Waals surface area contributed by atoms with Gasteiger partial charge in [0.1, 0.15) is 5.69 Å². The van der Waals surface area contributed by atoms with Crippen molar-refractivity contribution < 1.29 is 41.4 Å². The first-order chi connectivity index (χ1) is 8.44. The molecule has 0 aliphatic rings. The summed E-state index contributed by atoms with van der Waals surface area (Å²) in [6, 6.07) is -0.346. The van der Waals surface area contributed by atoms with E-state index in [2.05, 4.69) is 4.98 Å². The summed E-state index contributed by atoms with van der Waals surface area (Å²) in [4.78, 5) is 13.1. The van der Waals surface area contributed by atoms with Crippen LogP contribution in [0.15, 0.2) is 12.3 Å². The van der Waals surface area contributed by atoms with Crippen LogP contribution in [0.4, 0.5) is 26.3 Å². The zero-order chi connectivity index (χ0) is 15.0. The number of pyridine rings is 1. The molecular weight excluding hydrogens is 284 g/mol. The number of rotatable bonds is 2. The fourth-order valence-corrected chi connectivity index (χ4v) is 1.22. The predicted molar refractivity (Wildman–Crippen MR) is 46.8 cm³/mol. The molecule has 1 rings (SSSR count). The van der Waals surface area contributed by atoms with Crippen molar-refractivity contribution in [3.05, 3.63) is 29.1 Å². The van der Waals surface area contributed by atoms with Crippen molar-refractivity contribution in [2.45, 2.75) is 18.5 Å². The minimum Gasteiger partial charge on any atom is -0.479 e. The van der Waals surface area contributed by atoms with E-state index in [0.29, 0.717) is 0 Å². The summed E-state index contributed by atoms with van der Waals surface area (Å²) < 4.78 is 74.3. The quantitative estimate of drug-likeness (QED) is 0.819. The van der Waals surface area contributed by atoms with Gasteiger partial charge in [0.05, 0.1) is 5.56 Å². The van der Waals surface area contributed by atoms with E-state index in [-0.39, 0.29) is 12.3 Å². The average Bonchev–Trinajstić information content (AvgIpc) is 2.24. The van der Waals surface area contributed by atoms with Gasteiger partial charge in [0.15, 0.2) is 6.10 Å². The fourth-order valence-electron chi connectivity index (χ4n) is 1.22. The van der Waals surface area contributed by atoms with Crippen molar-refractivity contribution in [2.24, 2.45) is 0 Å². The van der Waals surface area contributed by atoms with Gasteiger partial charge in [-0.15, -0.1) is 0 Å². The van der Waals surface area contributed by atoms with Crippen LogP contribution in [0.1, 0.15) is 22.9 Å². The molecule has 1 heterocycles. The molecule has 1 unspecified atom stereocenters. The number of nitrogens with zero attached hydrogens (tertiary/aromatic N) is 1. The third-order valence-corrected chi connectivity index (χ3v) is 2.06. The second kappa shape index (κ2) is 4.68. The lowest BCUT2D eigenvalue weighted by Gasteiger charge is -2.16. The van der Waals surface area contributed by atoms with Gasteiger partial charge in [0, 0.05) is 11.8 Å². The van der Waals surface area contributed by atoms with Crippen LogP contribution in [0, 0.1) is 0 Å². The van der Waals surface area contributed by atoms with E-state index < -0.39 is 41.2 Å². The van der Waals surface area contributed by atoms with Crippen molar-refractivity contribution in [1.29, 1.82) is 0 Å². The van der Waals surface area contributed by atoms with Gasteiger partial charge in [0.2, 0.25) is 0 Å². The van der Waals surface area contributed by atoms with Crippen LogP contribution in [0.5, 0.6) is 0 Å². The molecule has 0 amide bonds. The Morgan fingerprint density at radius 1 is 1.16 bits per heavy atom. The number of aromatic nitrogens is 1. The van der Waals surface area contributed by atoms with E-state index in [0.717, 1.165) is 0 Å². The molecule has 1 aromatic rings. The van der Waals surface area contributed by atoms with E-state index in [9.17, 15) is 31.1 Å². The van der Waals surface area contributed by atoms with Crippen LogP contribution in [-0.4, -0.2) is 21.2 Å². The lowest BCUT2D eigenvalue weighted by atomic mass is 10.0. The number of alkyl halides is 6. The number of aliphatic carboxylic acids is 1. The number of carbonyl (C=O) groups is 1. The minimum atomic E-state index is -5.26. The maximum atomic E-state index is 12.5. The van der Waals surface area contributed by atoms with Crippen LogP contribution >= 0.6 is 0 Å². The summed E-state index contributed by atoms with van der Waals surface area (Å²) in [6.07, 6.45) is -12.9. The standard InChI is InChI=1S/C9H5F6NO3/c10-8(11,12)4-1-5(9(13,14)15)16-2-3(4)6(17)7(18)19/h1-2,6,17H,(H,18,19). The molecule has 19 heavy (non-hydrogen) atoms. The zero-order valence-electron chi connectivity index (χ0n) is 8.75. The Hall–Kier alpha value is -1.84. The number of hydrogen-bond donors (Lipinski definition) is 2. The summed E-state index contributed by atoms with van der Waals surface area (Å²) in [6.45, 7) is 0. The first-order valence-electron chi connectivity index (χ1n) is 4.50. The molecule has 1 atom stereocenters. The Morgan fingerprint density at radius 2 is 1.68 bits per heavy atom. The highest BCUT2D eigenvalue weighted by molar-refractivity contribution is 5.74. The number of aliphatic hydroxyl groups is 1. The Bertz CT molecular complexity index is 496. The molecule has 0 bridgehead atoms. The second-order valence-electron chi connectivity index (χ2n) is 3.39. The fraction of sp³-hybridized carbons (Fsp3) is 0.333. The van der Waals surface area contributed by atoms with Gasteiger partial charge < -0.3 is 10.2 Å². The van der Waals surface area contributed by atoms with Gasteiger partial charge in [-0.1, -0.05) is 0 Å². The molecule has 10 heteroatoms. The molecule has 0 spiro atoms. The van der Waals surface area contributed by atoms with Gasteiger partial charge in [-0.25, -0.2) is 4.79 Å². The van der Waals surface area contributed by atoms with E-state index in [1.54, 1.807) is 0 Å². The molecule has 0 aliphatic carbocycles. The molecule has 0 aliphatic heterocycles. The molecule has 0 aromatic carbocycles. The van der Waals surface area contributed by atoms with Crippen molar-refractivity contribution >= 4 is 5.97 Å². The van der Waals surface area contributed by atoms with Gasteiger partial charge in [-0.2, -0.15) is 26.3 Å². The number of hydrogen-bond acceptors (Lipinski definition) is 3. The molecule has 0 fully saturated rings. The van der Waals surface area contributed by atoms with E-state index >= 15 is 0 Å². The summed E-state index contributed by atoms with van der Waals surface area (Å²) in [5, 5.41) is 17.4. The van der Waals surface area contributed by atoms with Crippen molar-refractivity contribution in [1.82, 2.24) is 4.98 Å². The van der Waals surface area contributed by atoms with Crippen LogP contribution in [0.3, 0.4) is 0 Å². The van der Waals surface area contributed by atoms with Gasteiger partial charge in [0.25, 0.3) is 0 Å². The first kappa shape index (κ1) is 15.2. The van der Waals surface area contributed by atoms with Crippen LogP contribution in [0.2, 0.25) is 0 Å². The lowest BCUT2D eigenvalue weighted by Crippen LogP contribution is -2.20. The molecule has 106 valence electrons. The summed E-state index contributed by atoms with van der Waals surface area (Å²) in [5.74, 6) is -2.04. The highest BCUT2D eigenvalue weighted by atomic mass is 19.4. The monoisotopic (exact) mass is 289 g/mol. The normalized spacial score (nSPS) is 14.3. The zero-order valence-corrected chi connectivity index (χ0v) is 8.75. The molecule has 0 saturated heterocycles. The van der Waals surface area contributed by atoms with Gasteiger partial charge in [-0.05, 0) is 6.07 Å². The van der Waals surface area contributed by atoms with Crippen LogP contribution in [-0.2, 0) is 17.1 Å². The summed E-state index contributed by atoms with van der Waals surface area (Å²) in [5.41, 5.74) is -4.99. The maximum absolute atomic E-state index is 12.5. The van der Waals surface area contributed by atoms with Crippen molar-refractivity contribution in [2.75, 3.05) is 0 Å². The highest BCUT2D eigenvalue weighted by Gasteiger charge is 2.41. The van der Waals surface area contributed by atoms with Crippen LogP contribution in [0.25, 0.3) is 0 Å². The predicted octanol–water partition coefficient (Wildman–Crippen LogP) is 2.24. The smallest absolute Gasteiger partial charge is 0.433 e.